The number of hydrogen-bond donors (Lipinski definition) is 2. The quantitative estimate of drug-likeness (QED) is 0.896. The molecule has 1 rings (SSSR count). The van der Waals surface area contributed by atoms with Crippen LogP contribution >= 0.6 is 0 Å². The molecule has 0 aliphatic heterocycles. The maximum Gasteiger partial charge on any atom is 0.416 e. The Hall–Kier alpha value is -2.05. The van der Waals surface area contributed by atoms with Crippen molar-refractivity contribution in [2.75, 3.05) is 11.9 Å². The van der Waals surface area contributed by atoms with Crippen LogP contribution in [0.3, 0.4) is 0 Å². The molecule has 2 amide bonds. The Morgan fingerprint density at radius 1 is 1.00 bits per heavy atom. The highest BCUT2D eigenvalue weighted by molar-refractivity contribution is 5.94. The van der Waals surface area contributed by atoms with E-state index in [1.54, 1.807) is 0 Å². The Morgan fingerprint density at radius 2 is 1.55 bits per heavy atom. The lowest BCUT2D eigenvalue weighted by molar-refractivity contribution is -0.137. The number of hydrogen-bond acceptors (Lipinski definition) is 2. The summed E-state index contributed by atoms with van der Waals surface area (Å²) in [6.45, 7) is 5.47. The van der Waals surface area contributed by atoms with Gasteiger partial charge in [0.05, 0.1) is 12.1 Å². The molecule has 0 heterocycles. The molecule has 7 heteroatoms. The fourth-order valence-electron chi connectivity index (χ4n) is 1.67. The highest BCUT2D eigenvalue weighted by atomic mass is 19.4. The summed E-state index contributed by atoms with van der Waals surface area (Å²) in [5, 5.41) is 4.88. The van der Waals surface area contributed by atoms with Crippen LogP contribution < -0.4 is 10.6 Å². The van der Waals surface area contributed by atoms with Crippen molar-refractivity contribution < 1.29 is 22.8 Å². The van der Waals surface area contributed by atoms with E-state index in [0.717, 1.165) is 24.3 Å². The Kier molecular flexibility index (Phi) is 5.57. The highest BCUT2D eigenvalue weighted by Gasteiger charge is 2.29. The number of carbonyl (C=O) groups excluding carboxylic acids is 2. The second-order valence-electron chi connectivity index (χ2n) is 6.14. The smallest absolute Gasteiger partial charge is 0.347 e. The number of alkyl halides is 3. The monoisotopic (exact) mass is 316 g/mol. The fraction of sp³-hybridized carbons (Fsp3) is 0.467. The zero-order valence-electron chi connectivity index (χ0n) is 12.7. The molecule has 0 bridgehead atoms. The van der Waals surface area contributed by atoms with Crippen LogP contribution in [0, 0.1) is 5.41 Å². The van der Waals surface area contributed by atoms with Crippen LogP contribution in [0.2, 0.25) is 0 Å². The Balaban J connectivity index is 2.47. The van der Waals surface area contributed by atoms with Gasteiger partial charge in [-0.25, -0.2) is 0 Å². The number of anilines is 1. The first-order valence-corrected chi connectivity index (χ1v) is 6.71. The summed E-state index contributed by atoms with van der Waals surface area (Å²) < 4.78 is 37.2. The van der Waals surface area contributed by atoms with Crippen LogP contribution in [0.5, 0.6) is 0 Å². The Labute approximate surface area is 127 Å². The molecule has 0 radical (unpaired) electrons. The first-order valence-electron chi connectivity index (χ1n) is 6.71. The molecule has 1 aromatic rings. The van der Waals surface area contributed by atoms with Crippen molar-refractivity contribution in [3.05, 3.63) is 29.8 Å². The van der Waals surface area contributed by atoms with Crippen LogP contribution in [-0.4, -0.2) is 18.4 Å². The topological polar surface area (TPSA) is 58.2 Å². The average Bonchev–Trinajstić information content (AvgIpc) is 2.34. The van der Waals surface area contributed by atoms with Gasteiger partial charge in [0.2, 0.25) is 11.8 Å². The molecule has 0 saturated heterocycles. The Morgan fingerprint density at radius 3 is 2.00 bits per heavy atom. The van der Waals surface area contributed by atoms with Gasteiger partial charge in [-0.05, 0) is 29.7 Å². The molecular formula is C15H19F3N2O2. The van der Waals surface area contributed by atoms with E-state index in [1.165, 1.54) is 0 Å². The molecule has 0 saturated carbocycles. The van der Waals surface area contributed by atoms with Crippen molar-refractivity contribution in [2.24, 2.45) is 5.41 Å². The number of carbonyl (C=O) groups is 2. The molecular weight excluding hydrogens is 297 g/mol. The highest BCUT2D eigenvalue weighted by Crippen LogP contribution is 2.29. The minimum absolute atomic E-state index is 0.187. The van der Waals surface area contributed by atoms with Gasteiger partial charge < -0.3 is 10.6 Å². The maximum absolute atomic E-state index is 12.4. The Bertz CT molecular complexity index is 531. The summed E-state index contributed by atoms with van der Waals surface area (Å²) in [6.07, 6.45) is -4.13. The van der Waals surface area contributed by atoms with E-state index in [-0.39, 0.29) is 30.0 Å². The van der Waals surface area contributed by atoms with Gasteiger partial charge in [-0.3, -0.25) is 9.59 Å². The lowest BCUT2D eigenvalue weighted by atomic mass is 9.92. The molecule has 122 valence electrons. The minimum Gasteiger partial charge on any atom is -0.347 e. The fourth-order valence-corrected chi connectivity index (χ4v) is 1.67. The molecule has 0 fully saturated rings. The summed E-state index contributed by atoms with van der Waals surface area (Å²) in [7, 11) is 0. The maximum atomic E-state index is 12.4. The van der Waals surface area contributed by atoms with E-state index in [4.69, 9.17) is 0 Å². The van der Waals surface area contributed by atoms with Crippen molar-refractivity contribution in [3.8, 4) is 0 Å². The molecule has 0 unspecified atom stereocenters. The standard InChI is InChI=1S/C15H19F3N2O2/c1-14(2,3)8-12(21)19-9-13(22)20-11-6-4-10(5-7-11)15(16,17)18/h4-7H,8-9H2,1-3H3,(H,19,21)(H,20,22). The summed E-state index contributed by atoms with van der Waals surface area (Å²) in [6, 6.07) is 4.09. The van der Waals surface area contributed by atoms with Gasteiger partial charge in [0.1, 0.15) is 0 Å². The van der Waals surface area contributed by atoms with Gasteiger partial charge in [-0.15, -0.1) is 0 Å². The van der Waals surface area contributed by atoms with E-state index >= 15 is 0 Å². The molecule has 0 aromatic heterocycles. The first kappa shape index (κ1) is 18.0. The first-order chi connectivity index (χ1) is 9.97. The van der Waals surface area contributed by atoms with Crippen LogP contribution in [-0.2, 0) is 15.8 Å². The second kappa shape index (κ2) is 6.81. The molecule has 0 spiro atoms. The van der Waals surface area contributed by atoms with Gasteiger partial charge in [-0.1, -0.05) is 20.8 Å². The van der Waals surface area contributed by atoms with Gasteiger partial charge in [-0.2, -0.15) is 13.2 Å². The molecule has 1 aromatic carbocycles. The van der Waals surface area contributed by atoms with Gasteiger partial charge in [0, 0.05) is 12.1 Å². The summed E-state index contributed by atoms with van der Waals surface area (Å²) in [5.74, 6) is -0.753. The lowest BCUT2D eigenvalue weighted by Crippen LogP contribution is -2.34. The van der Waals surface area contributed by atoms with Crippen molar-refractivity contribution in [1.29, 1.82) is 0 Å². The third-order valence-electron chi connectivity index (χ3n) is 2.63. The number of amides is 2. The second-order valence-corrected chi connectivity index (χ2v) is 6.14. The van der Waals surface area contributed by atoms with E-state index < -0.39 is 17.6 Å². The van der Waals surface area contributed by atoms with Crippen molar-refractivity contribution in [3.63, 3.8) is 0 Å². The average molecular weight is 316 g/mol. The van der Waals surface area contributed by atoms with Crippen LogP contribution in [0.25, 0.3) is 0 Å². The SMILES string of the molecule is CC(C)(C)CC(=O)NCC(=O)Nc1ccc(C(F)(F)F)cc1. The van der Waals surface area contributed by atoms with Crippen LogP contribution in [0.15, 0.2) is 24.3 Å². The molecule has 0 aliphatic carbocycles. The van der Waals surface area contributed by atoms with Crippen molar-refractivity contribution >= 4 is 17.5 Å². The van der Waals surface area contributed by atoms with E-state index in [9.17, 15) is 22.8 Å². The third kappa shape index (κ3) is 6.60. The lowest BCUT2D eigenvalue weighted by Gasteiger charge is -2.17. The number of benzene rings is 1. The predicted octanol–water partition coefficient (Wildman–Crippen LogP) is 3.20. The van der Waals surface area contributed by atoms with Gasteiger partial charge >= 0.3 is 6.18 Å². The molecule has 4 nitrogen and oxygen atoms in total. The molecule has 0 aliphatic rings. The molecule has 22 heavy (non-hydrogen) atoms. The van der Waals surface area contributed by atoms with E-state index in [0.29, 0.717) is 0 Å². The van der Waals surface area contributed by atoms with Gasteiger partial charge in [0.15, 0.2) is 0 Å². The summed E-state index contributed by atoms with van der Waals surface area (Å²) >= 11 is 0. The normalized spacial score (nSPS) is 11.9. The van der Waals surface area contributed by atoms with Gasteiger partial charge in [0.25, 0.3) is 0 Å². The van der Waals surface area contributed by atoms with Crippen molar-refractivity contribution in [2.45, 2.75) is 33.4 Å². The third-order valence-corrected chi connectivity index (χ3v) is 2.63. The number of halogens is 3. The zero-order valence-corrected chi connectivity index (χ0v) is 12.7. The van der Waals surface area contributed by atoms with E-state index in [2.05, 4.69) is 10.6 Å². The van der Waals surface area contributed by atoms with Crippen molar-refractivity contribution in [1.82, 2.24) is 5.32 Å². The predicted molar refractivity (Wildman–Crippen MR) is 77.2 cm³/mol. The zero-order chi connectivity index (χ0) is 17.0. The van der Waals surface area contributed by atoms with E-state index in [1.807, 2.05) is 20.8 Å². The minimum atomic E-state index is -4.41. The number of rotatable bonds is 4. The molecule has 2 N–H and O–H groups in total. The largest absolute Gasteiger partial charge is 0.416 e. The number of nitrogens with one attached hydrogen (secondary N) is 2. The van der Waals surface area contributed by atoms with Crippen LogP contribution in [0.4, 0.5) is 18.9 Å². The summed E-state index contributed by atoms with van der Waals surface area (Å²) in [5.41, 5.74) is -0.736. The molecule has 0 atom stereocenters. The summed E-state index contributed by atoms with van der Waals surface area (Å²) in [4.78, 5) is 23.2. The van der Waals surface area contributed by atoms with Crippen LogP contribution in [0.1, 0.15) is 32.8 Å².